The summed E-state index contributed by atoms with van der Waals surface area (Å²) in [6.45, 7) is 1.47. The van der Waals surface area contributed by atoms with Gasteiger partial charge < -0.3 is 9.64 Å². The van der Waals surface area contributed by atoms with Gasteiger partial charge in [-0.1, -0.05) is 12.1 Å². The van der Waals surface area contributed by atoms with Gasteiger partial charge in [-0.3, -0.25) is 14.7 Å². The summed E-state index contributed by atoms with van der Waals surface area (Å²) in [5, 5.41) is 0.604. The maximum atomic E-state index is 15.1. The van der Waals surface area contributed by atoms with Crippen molar-refractivity contribution in [3.63, 3.8) is 0 Å². The molecule has 2 saturated heterocycles. The third-order valence-corrected chi connectivity index (χ3v) is 7.47. The van der Waals surface area contributed by atoms with E-state index >= 15 is 8.78 Å². The molecular weight excluding hydrogens is 471 g/mol. The van der Waals surface area contributed by atoms with Crippen LogP contribution in [0.1, 0.15) is 31.2 Å². The van der Waals surface area contributed by atoms with Crippen LogP contribution in [0.5, 0.6) is 0 Å². The van der Waals surface area contributed by atoms with E-state index in [4.69, 9.17) is 4.74 Å². The van der Waals surface area contributed by atoms with Crippen molar-refractivity contribution in [2.75, 3.05) is 19.6 Å². The van der Waals surface area contributed by atoms with Gasteiger partial charge in [-0.2, -0.15) is 0 Å². The summed E-state index contributed by atoms with van der Waals surface area (Å²) in [5.41, 5.74) is 0.744. The summed E-state index contributed by atoms with van der Waals surface area (Å²) in [5.74, 6) is -3.11. The standard InChI is InChI=1S/C27H24F3N3O3/c28-19-9-17-2-1-16(12-24(17)31-13-19)18-10-22(29)21(23(30)11-18)14-32-7-5-27(6-8-32)15-33(20-3-4-20)25(34)26(35)36-27/h1-2,9-13,20H,3-8,14-15H2. The van der Waals surface area contributed by atoms with Crippen molar-refractivity contribution in [1.29, 1.82) is 0 Å². The number of amides is 1. The van der Waals surface area contributed by atoms with Crippen LogP contribution in [0.4, 0.5) is 13.2 Å². The molecule has 6 nitrogen and oxygen atoms in total. The first kappa shape index (κ1) is 23.0. The lowest BCUT2D eigenvalue weighted by molar-refractivity contribution is -0.190. The number of aromatic nitrogens is 1. The minimum atomic E-state index is -0.802. The van der Waals surface area contributed by atoms with Gasteiger partial charge in [0.15, 0.2) is 0 Å². The van der Waals surface area contributed by atoms with Crippen LogP contribution in [0.3, 0.4) is 0 Å². The molecule has 0 N–H and O–H groups in total. The fourth-order valence-electron chi connectivity index (χ4n) is 5.25. The highest BCUT2D eigenvalue weighted by Crippen LogP contribution is 2.37. The molecule has 186 valence electrons. The van der Waals surface area contributed by atoms with Crippen LogP contribution in [0.15, 0.2) is 42.6 Å². The number of carbonyl (C=O) groups excluding carboxylic acids is 2. The van der Waals surface area contributed by atoms with Gasteiger partial charge in [0.25, 0.3) is 0 Å². The Hall–Kier alpha value is -3.46. The van der Waals surface area contributed by atoms with Crippen molar-refractivity contribution in [1.82, 2.24) is 14.8 Å². The molecule has 3 aromatic rings. The summed E-state index contributed by atoms with van der Waals surface area (Å²) in [4.78, 5) is 31.9. The van der Waals surface area contributed by atoms with Crippen LogP contribution in [0.25, 0.3) is 22.0 Å². The monoisotopic (exact) mass is 495 g/mol. The van der Waals surface area contributed by atoms with Crippen molar-refractivity contribution in [2.45, 2.75) is 43.9 Å². The number of likely N-dealkylation sites (tertiary alicyclic amines) is 1. The number of rotatable bonds is 4. The SMILES string of the molecule is O=C1OC2(CCN(Cc3c(F)cc(-c4ccc5cc(F)cnc5c4)cc3F)CC2)CN(C2CC2)C1=O. The predicted molar refractivity (Wildman–Crippen MR) is 125 cm³/mol. The number of hydrogen-bond acceptors (Lipinski definition) is 5. The number of pyridine rings is 1. The van der Waals surface area contributed by atoms with E-state index in [0.29, 0.717) is 54.5 Å². The lowest BCUT2D eigenvalue weighted by Gasteiger charge is -2.46. The first-order valence-corrected chi connectivity index (χ1v) is 12.1. The molecule has 1 amide bonds. The van der Waals surface area contributed by atoms with Gasteiger partial charge >= 0.3 is 11.9 Å². The fraction of sp³-hybridized carbons (Fsp3) is 0.370. The quantitative estimate of drug-likeness (QED) is 0.401. The van der Waals surface area contributed by atoms with E-state index in [1.165, 1.54) is 18.2 Å². The Morgan fingerprint density at radius 3 is 2.39 bits per heavy atom. The van der Waals surface area contributed by atoms with Crippen LogP contribution < -0.4 is 0 Å². The Labute approximate surface area is 205 Å². The van der Waals surface area contributed by atoms with Crippen molar-refractivity contribution in [3.05, 3.63) is 65.6 Å². The van der Waals surface area contributed by atoms with Crippen LogP contribution in [0, 0.1) is 17.5 Å². The number of halogens is 3. The number of piperidine rings is 1. The number of benzene rings is 2. The summed E-state index contributed by atoms with van der Waals surface area (Å²) in [7, 11) is 0. The Morgan fingerprint density at radius 1 is 0.972 bits per heavy atom. The highest BCUT2D eigenvalue weighted by molar-refractivity contribution is 6.33. The summed E-state index contributed by atoms with van der Waals surface area (Å²) >= 11 is 0. The first-order chi connectivity index (χ1) is 17.3. The van der Waals surface area contributed by atoms with Crippen molar-refractivity contribution in [2.24, 2.45) is 0 Å². The molecule has 3 fully saturated rings. The molecule has 0 unspecified atom stereocenters. The Morgan fingerprint density at radius 2 is 1.69 bits per heavy atom. The molecule has 3 heterocycles. The van der Waals surface area contributed by atoms with Crippen LogP contribution in [-0.2, 0) is 20.9 Å². The number of carbonyl (C=O) groups is 2. The average Bonchev–Trinajstić information content (AvgIpc) is 3.70. The smallest absolute Gasteiger partial charge is 0.397 e. The molecule has 3 aliphatic rings. The largest absolute Gasteiger partial charge is 0.450 e. The zero-order valence-corrected chi connectivity index (χ0v) is 19.5. The fourth-order valence-corrected chi connectivity index (χ4v) is 5.25. The van der Waals surface area contributed by atoms with E-state index in [1.807, 2.05) is 4.90 Å². The molecule has 36 heavy (non-hydrogen) atoms. The number of ether oxygens (including phenoxy) is 1. The second-order valence-electron chi connectivity index (χ2n) is 9.99. The second-order valence-corrected chi connectivity index (χ2v) is 9.99. The minimum Gasteiger partial charge on any atom is -0.450 e. The van der Waals surface area contributed by atoms with E-state index in [1.54, 1.807) is 23.1 Å². The number of hydrogen-bond donors (Lipinski definition) is 0. The second kappa shape index (κ2) is 8.58. The molecule has 6 rings (SSSR count). The van der Waals surface area contributed by atoms with Gasteiger partial charge in [-0.25, -0.2) is 18.0 Å². The summed E-state index contributed by atoms with van der Waals surface area (Å²) in [6, 6.07) is 9.11. The first-order valence-electron chi connectivity index (χ1n) is 12.1. The van der Waals surface area contributed by atoms with Gasteiger partial charge in [0, 0.05) is 49.5 Å². The molecule has 2 aliphatic heterocycles. The molecule has 9 heteroatoms. The Kier molecular flexibility index (Phi) is 5.48. The van der Waals surface area contributed by atoms with E-state index in [2.05, 4.69) is 4.98 Å². The zero-order valence-electron chi connectivity index (χ0n) is 19.5. The molecule has 1 saturated carbocycles. The normalized spacial score (nSPS) is 20.2. The van der Waals surface area contributed by atoms with Crippen LogP contribution in [-0.4, -0.2) is 57.9 Å². The van der Waals surface area contributed by atoms with Gasteiger partial charge in [-0.15, -0.1) is 0 Å². The topological polar surface area (TPSA) is 62.7 Å². The van der Waals surface area contributed by atoms with E-state index in [9.17, 15) is 14.0 Å². The molecule has 0 atom stereocenters. The maximum Gasteiger partial charge on any atom is 0.397 e. The average molecular weight is 496 g/mol. The van der Waals surface area contributed by atoms with E-state index in [0.717, 1.165) is 19.0 Å². The number of fused-ring (bicyclic) bond motifs is 1. The molecular formula is C27H24F3N3O3. The highest BCUT2D eigenvalue weighted by Gasteiger charge is 2.50. The van der Waals surface area contributed by atoms with Crippen LogP contribution >= 0.6 is 0 Å². The van der Waals surface area contributed by atoms with Gasteiger partial charge in [-0.05, 0) is 48.2 Å². The number of nitrogens with zero attached hydrogens (tertiary/aromatic N) is 3. The van der Waals surface area contributed by atoms with Crippen molar-refractivity contribution in [3.8, 4) is 11.1 Å². The third-order valence-electron chi connectivity index (χ3n) is 7.47. The van der Waals surface area contributed by atoms with E-state index < -0.39 is 34.9 Å². The number of esters is 1. The van der Waals surface area contributed by atoms with Gasteiger partial charge in [0.05, 0.1) is 18.3 Å². The molecule has 2 aromatic carbocycles. The minimum absolute atomic E-state index is 0.0221. The predicted octanol–water partition coefficient (Wildman–Crippen LogP) is 4.20. The number of morpholine rings is 1. The maximum absolute atomic E-state index is 15.1. The molecule has 0 bridgehead atoms. The summed E-state index contributed by atoms with van der Waals surface area (Å²) in [6.07, 6.45) is 3.92. The van der Waals surface area contributed by atoms with Crippen molar-refractivity contribution < 1.29 is 27.5 Å². The molecule has 0 radical (unpaired) electrons. The molecule has 1 spiro atoms. The third kappa shape index (κ3) is 4.21. The lowest BCUT2D eigenvalue weighted by Crippen LogP contribution is -2.61. The van der Waals surface area contributed by atoms with Crippen LogP contribution in [0.2, 0.25) is 0 Å². The Balaban J connectivity index is 1.16. The molecule has 1 aromatic heterocycles. The van der Waals surface area contributed by atoms with Crippen molar-refractivity contribution >= 4 is 22.8 Å². The zero-order chi connectivity index (χ0) is 25.0. The molecule has 1 aliphatic carbocycles. The summed E-state index contributed by atoms with van der Waals surface area (Å²) < 4.78 is 49.1. The Bertz CT molecular complexity index is 1360. The van der Waals surface area contributed by atoms with E-state index in [-0.39, 0.29) is 18.2 Å². The lowest BCUT2D eigenvalue weighted by atomic mass is 9.88. The van der Waals surface area contributed by atoms with Gasteiger partial charge in [0.1, 0.15) is 23.1 Å². The highest BCUT2D eigenvalue weighted by atomic mass is 19.1. The van der Waals surface area contributed by atoms with Gasteiger partial charge in [0.2, 0.25) is 0 Å².